The normalized spacial score (nSPS) is 24.5. The quantitative estimate of drug-likeness (QED) is 0.830. The number of hydrogen-bond acceptors (Lipinski definition) is 4. The van der Waals surface area contributed by atoms with Gasteiger partial charge in [0.05, 0.1) is 0 Å². The minimum absolute atomic E-state index is 0.258. The summed E-state index contributed by atoms with van der Waals surface area (Å²) in [4.78, 5) is 14.5. The zero-order valence-corrected chi connectivity index (χ0v) is 16.8. The molecule has 27 heavy (non-hydrogen) atoms. The second kappa shape index (κ2) is 6.63. The van der Waals surface area contributed by atoms with Gasteiger partial charge in [0.2, 0.25) is 0 Å². The summed E-state index contributed by atoms with van der Waals surface area (Å²) < 4.78 is 26.8. The van der Waals surface area contributed by atoms with E-state index in [9.17, 15) is 13.2 Å². The van der Waals surface area contributed by atoms with Gasteiger partial charge in [-0.25, -0.2) is 17.9 Å². The summed E-state index contributed by atoms with van der Waals surface area (Å²) in [6, 6.07) is 1.60. The van der Waals surface area contributed by atoms with Crippen LogP contribution in [0.5, 0.6) is 0 Å². The average molecular weight is 390 g/mol. The molecule has 1 aromatic carbocycles. The number of likely N-dealkylation sites (N-methyl/N-ethyl adjacent to an activating group) is 1. The van der Waals surface area contributed by atoms with Crippen LogP contribution in [0.3, 0.4) is 0 Å². The number of fused-ring (bicyclic) bond motifs is 2. The molecule has 2 N–H and O–H groups in total. The highest BCUT2D eigenvalue weighted by Crippen LogP contribution is 2.38. The van der Waals surface area contributed by atoms with E-state index in [1.807, 2.05) is 14.0 Å². The Hall–Kier alpha value is -1.86. The van der Waals surface area contributed by atoms with Crippen molar-refractivity contribution in [2.75, 3.05) is 18.9 Å². The van der Waals surface area contributed by atoms with E-state index in [-0.39, 0.29) is 5.54 Å². The summed E-state index contributed by atoms with van der Waals surface area (Å²) in [5, 5.41) is 3.97. The van der Waals surface area contributed by atoms with Crippen molar-refractivity contribution in [1.29, 1.82) is 0 Å². The molecule has 1 saturated heterocycles. The van der Waals surface area contributed by atoms with Gasteiger partial charge in [0, 0.05) is 23.2 Å². The van der Waals surface area contributed by atoms with Crippen molar-refractivity contribution >= 4 is 21.7 Å². The Morgan fingerprint density at radius 3 is 2.30 bits per heavy atom. The summed E-state index contributed by atoms with van der Waals surface area (Å²) in [7, 11) is -1.88. The van der Waals surface area contributed by atoms with E-state index in [4.69, 9.17) is 0 Å². The van der Waals surface area contributed by atoms with Gasteiger partial charge in [-0.15, -0.1) is 0 Å². The maximum Gasteiger partial charge on any atom is 0.333 e. The molecule has 1 unspecified atom stereocenters. The fraction of sp³-hybridized carbons (Fsp3) is 0.550. The Morgan fingerprint density at radius 2 is 1.78 bits per heavy atom. The predicted molar refractivity (Wildman–Crippen MR) is 106 cm³/mol. The van der Waals surface area contributed by atoms with Crippen LogP contribution >= 0.6 is 0 Å². The van der Waals surface area contributed by atoms with E-state index in [0.29, 0.717) is 0 Å². The van der Waals surface area contributed by atoms with Crippen molar-refractivity contribution in [1.82, 2.24) is 9.62 Å². The number of hydrogen-bond donors (Lipinski definition) is 2. The van der Waals surface area contributed by atoms with Crippen LogP contribution in [0.1, 0.15) is 48.4 Å². The van der Waals surface area contributed by atoms with Crippen LogP contribution in [0.25, 0.3) is 0 Å². The lowest BCUT2D eigenvalue weighted by Gasteiger charge is -2.46. The maximum atomic E-state index is 12.5. The molecular formula is C20H27N3O3S. The Bertz CT molecular complexity index is 891. The first-order chi connectivity index (χ1) is 12.8. The smallest absolute Gasteiger partial charge is 0.307 e. The summed E-state index contributed by atoms with van der Waals surface area (Å²) in [5.41, 5.74) is 5.56. The van der Waals surface area contributed by atoms with Gasteiger partial charge in [-0.2, -0.15) is 0 Å². The largest absolute Gasteiger partial charge is 0.333 e. The molecule has 0 radical (unpaired) electrons. The first-order valence-corrected chi connectivity index (χ1v) is 11.2. The van der Waals surface area contributed by atoms with Gasteiger partial charge in [0.25, 0.3) is 10.0 Å². The topological polar surface area (TPSA) is 78.5 Å². The molecule has 0 aromatic heterocycles. The van der Waals surface area contributed by atoms with Gasteiger partial charge in [-0.1, -0.05) is 12.1 Å². The van der Waals surface area contributed by atoms with Crippen molar-refractivity contribution < 1.29 is 13.2 Å². The summed E-state index contributed by atoms with van der Waals surface area (Å²) in [5.74, 6) is 0. The first-order valence-electron chi connectivity index (χ1n) is 9.68. The molecular weight excluding hydrogens is 362 g/mol. The summed E-state index contributed by atoms with van der Waals surface area (Å²) in [6.07, 6.45) is 8.68. The van der Waals surface area contributed by atoms with E-state index < -0.39 is 16.1 Å². The lowest BCUT2D eigenvalue weighted by Crippen LogP contribution is -2.54. The van der Waals surface area contributed by atoms with E-state index in [2.05, 4.69) is 21.0 Å². The number of anilines is 1. The molecule has 1 atom stereocenters. The van der Waals surface area contributed by atoms with E-state index in [1.165, 1.54) is 22.3 Å². The third kappa shape index (κ3) is 3.50. The Labute approximate surface area is 161 Å². The molecule has 0 saturated carbocycles. The molecule has 0 spiro atoms. The Morgan fingerprint density at radius 1 is 1.15 bits per heavy atom. The number of amides is 2. The first kappa shape index (κ1) is 18.5. The molecule has 146 valence electrons. The SMILES string of the molecule is CN1CCC1(C)/C=C/S(=O)(=O)NC(=O)Nc1c2c(cc3c1CCC3)CCC2. The standard InChI is InChI=1S/C20H27N3O3S/c1-20(9-11-23(20)2)10-12-27(25,26)22-19(24)21-18-16-7-3-5-14(16)13-15-6-4-8-17(15)18/h10,12-13H,3-9,11H2,1-2H3,(H2,21,22,24)/b12-10+. The molecule has 4 rings (SSSR count). The number of rotatable bonds is 4. The van der Waals surface area contributed by atoms with Crippen LogP contribution in [0.4, 0.5) is 10.5 Å². The molecule has 0 bridgehead atoms. The molecule has 3 aliphatic rings. The zero-order valence-electron chi connectivity index (χ0n) is 16.0. The maximum absolute atomic E-state index is 12.5. The molecule has 1 aromatic rings. The number of nitrogens with one attached hydrogen (secondary N) is 2. The van der Waals surface area contributed by atoms with Crippen molar-refractivity contribution in [3.05, 3.63) is 39.8 Å². The average Bonchev–Trinajstić information content (AvgIpc) is 3.26. The molecule has 7 heteroatoms. The van der Waals surface area contributed by atoms with Crippen molar-refractivity contribution in [2.45, 2.75) is 57.4 Å². The lowest BCUT2D eigenvalue weighted by atomic mass is 9.88. The molecule has 1 heterocycles. The number of urea groups is 1. The van der Waals surface area contributed by atoms with Crippen LogP contribution < -0.4 is 10.0 Å². The van der Waals surface area contributed by atoms with Crippen LogP contribution in [0.2, 0.25) is 0 Å². The van der Waals surface area contributed by atoms with Gasteiger partial charge >= 0.3 is 6.03 Å². The highest BCUT2D eigenvalue weighted by molar-refractivity contribution is 7.92. The highest BCUT2D eigenvalue weighted by Gasteiger charge is 2.35. The monoisotopic (exact) mass is 389 g/mol. The number of benzene rings is 1. The number of carbonyl (C=O) groups is 1. The molecule has 6 nitrogen and oxygen atoms in total. The predicted octanol–water partition coefficient (Wildman–Crippen LogP) is 2.72. The van der Waals surface area contributed by atoms with E-state index in [0.717, 1.165) is 62.6 Å². The minimum atomic E-state index is -3.83. The molecule has 2 amide bonds. The fourth-order valence-electron chi connectivity index (χ4n) is 4.40. The van der Waals surface area contributed by atoms with Gasteiger partial charge in [0.15, 0.2) is 0 Å². The number of aryl methyl sites for hydroxylation is 2. The number of nitrogens with zero attached hydrogens (tertiary/aromatic N) is 1. The highest BCUT2D eigenvalue weighted by atomic mass is 32.2. The van der Waals surface area contributed by atoms with Crippen LogP contribution in [-0.4, -0.2) is 38.5 Å². The second-order valence-electron chi connectivity index (χ2n) is 8.17. The van der Waals surface area contributed by atoms with Crippen LogP contribution in [0.15, 0.2) is 17.6 Å². The molecule has 2 aliphatic carbocycles. The van der Waals surface area contributed by atoms with Gasteiger partial charge in [0.1, 0.15) is 0 Å². The summed E-state index contributed by atoms with van der Waals surface area (Å²) >= 11 is 0. The van der Waals surface area contributed by atoms with Gasteiger partial charge in [-0.05, 0) is 81.2 Å². The number of sulfonamides is 1. The van der Waals surface area contributed by atoms with Crippen LogP contribution in [0, 0.1) is 0 Å². The third-order valence-corrected chi connectivity index (χ3v) is 7.34. The zero-order chi connectivity index (χ0) is 19.2. The van der Waals surface area contributed by atoms with E-state index >= 15 is 0 Å². The lowest BCUT2D eigenvalue weighted by molar-refractivity contribution is 0.0719. The summed E-state index contributed by atoms with van der Waals surface area (Å²) in [6.45, 7) is 2.93. The van der Waals surface area contributed by atoms with Crippen molar-refractivity contribution in [3.63, 3.8) is 0 Å². The molecule has 1 fully saturated rings. The van der Waals surface area contributed by atoms with Gasteiger partial charge in [-0.3, -0.25) is 4.90 Å². The number of carbonyl (C=O) groups excluding carboxylic acids is 1. The molecule has 1 aliphatic heterocycles. The number of likely N-dealkylation sites (tertiary alicyclic amines) is 1. The van der Waals surface area contributed by atoms with Crippen molar-refractivity contribution in [2.24, 2.45) is 0 Å². The van der Waals surface area contributed by atoms with Crippen molar-refractivity contribution in [3.8, 4) is 0 Å². The second-order valence-corrected chi connectivity index (χ2v) is 9.73. The van der Waals surface area contributed by atoms with Crippen LogP contribution in [-0.2, 0) is 35.7 Å². The Balaban J connectivity index is 1.50. The Kier molecular flexibility index (Phi) is 4.55. The minimum Gasteiger partial charge on any atom is -0.307 e. The van der Waals surface area contributed by atoms with Gasteiger partial charge < -0.3 is 5.32 Å². The fourth-order valence-corrected chi connectivity index (χ4v) is 5.25. The third-order valence-electron chi connectivity index (χ3n) is 6.38. The van der Waals surface area contributed by atoms with E-state index in [1.54, 1.807) is 6.08 Å².